The molecule has 0 radical (unpaired) electrons. The molecular formula is C17H26N2O. The van der Waals surface area contributed by atoms with Crippen molar-refractivity contribution in [3.8, 4) is 5.75 Å². The molecule has 1 aromatic carbocycles. The Bertz CT molecular complexity index is 434. The van der Waals surface area contributed by atoms with Crippen LogP contribution in [0, 0.1) is 6.92 Å². The third-order valence-electron chi connectivity index (χ3n) is 4.74. The van der Waals surface area contributed by atoms with E-state index in [1.807, 2.05) is 6.07 Å². The first kappa shape index (κ1) is 13.9. The molecule has 3 nitrogen and oxygen atoms in total. The molecule has 0 amide bonds. The third kappa shape index (κ3) is 3.15. The summed E-state index contributed by atoms with van der Waals surface area (Å²) in [7, 11) is 0. The summed E-state index contributed by atoms with van der Waals surface area (Å²) in [6.07, 6.45) is 6.18. The predicted octanol–water partition coefficient (Wildman–Crippen LogP) is 2.72. The molecule has 20 heavy (non-hydrogen) atoms. The van der Waals surface area contributed by atoms with E-state index in [1.54, 1.807) is 0 Å². The molecule has 3 heteroatoms. The number of nitrogens with two attached hydrogens (primary N) is 1. The molecule has 2 unspecified atom stereocenters. The smallest absolute Gasteiger partial charge is 0.119 e. The third-order valence-corrected chi connectivity index (χ3v) is 4.74. The van der Waals surface area contributed by atoms with E-state index >= 15 is 0 Å². The molecule has 1 aromatic rings. The summed E-state index contributed by atoms with van der Waals surface area (Å²) in [6, 6.07) is 10.2. The van der Waals surface area contributed by atoms with Crippen molar-refractivity contribution in [3.05, 3.63) is 29.8 Å². The van der Waals surface area contributed by atoms with Gasteiger partial charge in [0.25, 0.3) is 0 Å². The van der Waals surface area contributed by atoms with Crippen LogP contribution in [0.2, 0.25) is 0 Å². The fourth-order valence-corrected chi connectivity index (χ4v) is 3.82. The Morgan fingerprint density at radius 2 is 2.00 bits per heavy atom. The average molecular weight is 274 g/mol. The number of nitrogens with zero attached hydrogens (tertiary/aromatic N) is 1. The first-order valence-corrected chi connectivity index (χ1v) is 7.93. The van der Waals surface area contributed by atoms with E-state index in [4.69, 9.17) is 10.5 Å². The maximum absolute atomic E-state index is 6.11. The van der Waals surface area contributed by atoms with Gasteiger partial charge >= 0.3 is 0 Å². The van der Waals surface area contributed by atoms with Crippen molar-refractivity contribution in [2.75, 3.05) is 13.2 Å². The number of ether oxygens (including phenoxy) is 1. The van der Waals surface area contributed by atoms with Crippen LogP contribution in [0.25, 0.3) is 0 Å². The Morgan fingerprint density at radius 3 is 2.70 bits per heavy atom. The Morgan fingerprint density at radius 1 is 1.25 bits per heavy atom. The van der Waals surface area contributed by atoms with Crippen molar-refractivity contribution >= 4 is 0 Å². The van der Waals surface area contributed by atoms with Crippen LogP contribution in [-0.2, 0) is 0 Å². The van der Waals surface area contributed by atoms with E-state index in [0.717, 1.165) is 37.4 Å². The summed E-state index contributed by atoms with van der Waals surface area (Å²) < 4.78 is 5.84. The molecule has 0 saturated carbocycles. The molecule has 2 fully saturated rings. The van der Waals surface area contributed by atoms with Gasteiger partial charge in [-0.3, -0.25) is 4.90 Å². The maximum Gasteiger partial charge on any atom is 0.119 e. The van der Waals surface area contributed by atoms with Crippen molar-refractivity contribution in [1.29, 1.82) is 0 Å². The largest absolute Gasteiger partial charge is 0.494 e. The first-order valence-electron chi connectivity index (χ1n) is 7.93. The SMILES string of the molecule is Cc1cccc(OCCCN2C3CCC2CC(N)C3)c1. The Balaban J connectivity index is 1.42. The maximum atomic E-state index is 6.11. The fourth-order valence-electron chi connectivity index (χ4n) is 3.82. The quantitative estimate of drug-likeness (QED) is 0.839. The zero-order valence-electron chi connectivity index (χ0n) is 12.4. The second-order valence-corrected chi connectivity index (χ2v) is 6.37. The molecule has 0 aromatic heterocycles. The number of hydrogen-bond donors (Lipinski definition) is 1. The average Bonchev–Trinajstić information content (AvgIpc) is 2.66. The molecule has 2 N–H and O–H groups in total. The summed E-state index contributed by atoms with van der Waals surface area (Å²) in [6.45, 7) is 4.07. The highest BCUT2D eigenvalue weighted by Crippen LogP contribution is 2.34. The van der Waals surface area contributed by atoms with Crippen LogP contribution < -0.4 is 10.5 Å². The van der Waals surface area contributed by atoms with E-state index < -0.39 is 0 Å². The Labute approximate surface area is 122 Å². The topological polar surface area (TPSA) is 38.5 Å². The van der Waals surface area contributed by atoms with E-state index in [2.05, 4.69) is 30.0 Å². The van der Waals surface area contributed by atoms with Crippen molar-refractivity contribution in [2.45, 2.75) is 57.2 Å². The summed E-state index contributed by atoms with van der Waals surface area (Å²) in [5, 5.41) is 0. The van der Waals surface area contributed by atoms with Crippen molar-refractivity contribution in [1.82, 2.24) is 4.90 Å². The van der Waals surface area contributed by atoms with E-state index in [9.17, 15) is 0 Å². The van der Waals surface area contributed by atoms with Gasteiger partial charge in [-0.05, 0) is 56.7 Å². The van der Waals surface area contributed by atoms with Crippen LogP contribution in [-0.4, -0.2) is 36.2 Å². The van der Waals surface area contributed by atoms with E-state index in [0.29, 0.717) is 6.04 Å². The van der Waals surface area contributed by atoms with Crippen molar-refractivity contribution in [2.24, 2.45) is 5.73 Å². The minimum Gasteiger partial charge on any atom is -0.494 e. The van der Waals surface area contributed by atoms with Crippen molar-refractivity contribution < 1.29 is 4.74 Å². The minimum absolute atomic E-state index is 0.437. The van der Waals surface area contributed by atoms with E-state index in [-0.39, 0.29) is 0 Å². The van der Waals surface area contributed by atoms with Crippen molar-refractivity contribution in [3.63, 3.8) is 0 Å². The van der Waals surface area contributed by atoms with E-state index in [1.165, 1.54) is 31.2 Å². The minimum atomic E-state index is 0.437. The van der Waals surface area contributed by atoms with Gasteiger partial charge in [0, 0.05) is 24.7 Å². The predicted molar refractivity (Wildman–Crippen MR) is 82.0 cm³/mol. The lowest BCUT2D eigenvalue weighted by Crippen LogP contribution is -2.47. The van der Waals surface area contributed by atoms with Gasteiger partial charge in [-0.1, -0.05) is 12.1 Å². The zero-order valence-corrected chi connectivity index (χ0v) is 12.4. The second-order valence-electron chi connectivity index (χ2n) is 6.37. The van der Waals surface area contributed by atoms with Gasteiger partial charge in [0.05, 0.1) is 6.61 Å². The van der Waals surface area contributed by atoms with Crippen LogP contribution >= 0.6 is 0 Å². The number of rotatable bonds is 5. The molecule has 2 atom stereocenters. The summed E-state index contributed by atoms with van der Waals surface area (Å²) in [4.78, 5) is 2.68. The number of benzene rings is 1. The summed E-state index contributed by atoms with van der Waals surface area (Å²) >= 11 is 0. The lowest BCUT2D eigenvalue weighted by atomic mass is 9.98. The lowest BCUT2D eigenvalue weighted by Gasteiger charge is -2.37. The summed E-state index contributed by atoms with van der Waals surface area (Å²) in [5.74, 6) is 0.994. The molecule has 0 aliphatic carbocycles. The molecule has 2 aliphatic heterocycles. The number of hydrogen-bond acceptors (Lipinski definition) is 3. The second kappa shape index (κ2) is 6.15. The molecule has 2 heterocycles. The van der Waals surface area contributed by atoms with Gasteiger partial charge in [-0.25, -0.2) is 0 Å². The zero-order chi connectivity index (χ0) is 13.9. The normalized spacial score (nSPS) is 29.6. The monoisotopic (exact) mass is 274 g/mol. The molecule has 3 rings (SSSR count). The standard InChI is InChI=1S/C17H26N2O/c1-13-4-2-5-17(10-13)20-9-3-8-19-15-6-7-16(19)12-14(18)11-15/h2,4-5,10,14-16H,3,6-9,11-12,18H2,1H3. The molecule has 2 bridgehead atoms. The van der Waals surface area contributed by atoms with Crippen LogP contribution in [0.1, 0.15) is 37.7 Å². The molecule has 110 valence electrons. The van der Waals surface area contributed by atoms with Gasteiger partial charge in [0.1, 0.15) is 5.75 Å². The number of aryl methyl sites for hydroxylation is 1. The van der Waals surface area contributed by atoms with Gasteiger partial charge < -0.3 is 10.5 Å². The number of fused-ring (bicyclic) bond motifs is 2. The van der Waals surface area contributed by atoms with Gasteiger partial charge in [-0.2, -0.15) is 0 Å². The first-order chi connectivity index (χ1) is 9.72. The van der Waals surface area contributed by atoms with Crippen LogP contribution in [0.3, 0.4) is 0 Å². The van der Waals surface area contributed by atoms with Crippen LogP contribution in [0.15, 0.2) is 24.3 Å². The fraction of sp³-hybridized carbons (Fsp3) is 0.647. The summed E-state index contributed by atoms with van der Waals surface area (Å²) in [5.41, 5.74) is 7.37. The van der Waals surface area contributed by atoms with Gasteiger partial charge in [0.15, 0.2) is 0 Å². The number of piperidine rings is 1. The van der Waals surface area contributed by atoms with Gasteiger partial charge in [0.2, 0.25) is 0 Å². The molecule has 2 aliphatic rings. The molecule has 0 spiro atoms. The highest BCUT2D eigenvalue weighted by Gasteiger charge is 2.38. The Hall–Kier alpha value is -1.06. The molecule has 2 saturated heterocycles. The highest BCUT2D eigenvalue weighted by atomic mass is 16.5. The lowest BCUT2D eigenvalue weighted by molar-refractivity contribution is 0.119. The molecular weight excluding hydrogens is 248 g/mol. The van der Waals surface area contributed by atoms with Crippen LogP contribution in [0.4, 0.5) is 0 Å². The van der Waals surface area contributed by atoms with Crippen LogP contribution in [0.5, 0.6) is 5.75 Å². The highest BCUT2D eigenvalue weighted by molar-refractivity contribution is 5.27. The van der Waals surface area contributed by atoms with Gasteiger partial charge in [-0.15, -0.1) is 0 Å². The Kier molecular flexibility index (Phi) is 4.27.